The molecule has 0 aliphatic rings. The van der Waals surface area contributed by atoms with Crippen LogP contribution >= 0.6 is 11.3 Å². The van der Waals surface area contributed by atoms with Crippen LogP contribution in [0.3, 0.4) is 0 Å². The molecule has 5 heteroatoms. The molecule has 118 valence electrons. The smallest absolute Gasteiger partial charge is 0.315 e. The van der Waals surface area contributed by atoms with Crippen LogP contribution in [0, 0.1) is 0 Å². The third-order valence-electron chi connectivity index (χ3n) is 3.24. The van der Waals surface area contributed by atoms with Gasteiger partial charge >= 0.3 is 6.03 Å². The lowest BCUT2D eigenvalue weighted by Crippen LogP contribution is -2.36. The van der Waals surface area contributed by atoms with Gasteiger partial charge in [-0.05, 0) is 5.56 Å². The fourth-order valence-corrected chi connectivity index (χ4v) is 2.92. The molecule has 0 atom stereocenters. The van der Waals surface area contributed by atoms with Crippen molar-refractivity contribution >= 4 is 17.4 Å². The maximum Gasteiger partial charge on any atom is 0.315 e. The van der Waals surface area contributed by atoms with Gasteiger partial charge in [-0.25, -0.2) is 9.78 Å². The third-order valence-corrected chi connectivity index (χ3v) is 4.15. The van der Waals surface area contributed by atoms with Crippen LogP contribution in [-0.4, -0.2) is 17.6 Å². The van der Waals surface area contributed by atoms with E-state index < -0.39 is 0 Å². The summed E-state index contributed by atoms with van der Waals surface area (Å²) in [4.78, 5) is 16.4. The number of carbonyl (C=O) groups is 1. The fourth-order valence-electron chi connectivity index (χ4n) is 1.89. The van der Waals surface area contributed by atoms with E-state index in [0.717, 1.165) is 22.7 Å². The summed E-state index contributed by atoms with van der Waals surface area (Å²) in [5.41, 5.74) is 2.28. The lowest BCUT2D eigenvalue weighted by Gasteiger charge is -2.14. The number of benzene rings is 1. The zero-order valence-corrected chi connectivity index (χ0v) is 14.2. The van der Waals surface area contributed by atoms with Gasteiger partial charge in [0.05, 0.1) is 10.7 Å². The average Bonchev–Trinajstić information content (AvgIpc) is 2.95. The highest BCUT2D eigenvalue weighted by atomic mass is 32.1. The number of aromatic nitrogens is 1. The number of amides is 2. The molecule has 2 rings (SSSR count). The zero-order valence-electron chi connectivity index (χ0n) is 13.3. The van der Waals surface area contributed by atoms with Crippen molar-refractivity contribution in [3.63, 3.8) is 0 Å². The van der Waals surface area contributed by atoms with E-state index in [2.05, 4.69) is 41.8 Å². The van der Waals surface area contributed by atoms with Crippen molar-refractivity contribution in [2.45, 2.75) is 39.2 Å². The highest BCUT2D eigenvalue weighted by Crippen LogP contribution is 2.23. The average molecular weight is 317 g/mol. The molecule has 1 aromatic heterocycles. The first-order valence-electron chi connectivity index (χ1n) is 7.45. The molecule has 0 saturated heterocycles. The molecule has 0 aliphatic carbocycles. The minimum atomic E-state index is -0.142. The number of carbonyl (C=O) groups excluding carboxylic acids is 1. The number of nitrogens with one attached hydrogen (secondary N) is 2. The lowest BCUT2D eigenvalue weighted by atomic mass is 9.93. The quantitative estimate of drug-likeness (QED) is 0.887. The maximum absolute atomic E-state index is 11.7. The summed E-state index contributed by atoms with van der Waals surface area (Å²) < 4.78 is 0. The van der Waals surface area contributed by atoms with Crippen LogP contribution in [0.25, 0.3) is 0 Å². The molecule has 0 aliphatic heterocycles. The van der Waals surface area contributed by atoms with E-state index in [1.54, 1.807) is 11.3 Å². The summed E-state index contributed by atoms with van der Waals surface area (Å²) in [6.07, 6.45) is 0.763. The van der Waals surface area contributed by atoms with Gasteiger partial charge in [0.2, 0.25) is 0 Å². The summed E-state index contributed by atoms with van der Waals surface area (Å²) in [5.74, 6) is 0. The number of rotatable bonds is 5. The molecule has 2 amide bonds. The Morgan fingerprint density at radius 1 is 1.18 bits per heavy atom. The fraction of sp³-hybridized carbons (Fsp3) is 0.412. The molecule has 2 aromatic rings. The summed E-state index contributed by atoms with van der Waals surface area (Å²) in [5, 5.41) is 8.88. The standard InChI is InChI=1S/C17H23N3OS/c1-17(2,3)14-12-22-15(20-14)9-10-18-16(21)19-11-13-7-5-4-6-8-13/h4-8,12H,9-11H2,1-3H3,(H2,18,19,21). The highest BCUT2D eigenvalue weighted by Gasteiger charge is 2.17. The second kappa shape index (κ2) is 7.40. The normalized spacial score (nSPS) is 11.2. The van der Waals surface area contributed by atoms with Crippen molar-refractivity contribution < 1.29 is 4.79 Å². The largest absolute Gasteiger partial charge is 0.338 e. The van der Waals surface area contributed by atoms with E-state index in [9.17, 15) is 4.79 Å². The van der Waals surface area contributed by atoms with Crippen LogP contribution in [0.4, 0.5) is 4.79 Å². The maximum atomic E-state index is 11.7. The van der Waals surface area contributed by atoms with Crippen LogP contribution < -0.4 is 10.6 Å². The van der Waals surface area contributed by atoms with Crippen molar-refractivity contribution in [3.8, 4) is 0 Å². The van der Waals surface area contributed by atoms with E-state index in [1.807, 2.05) is 30.3 Å². The Bertz CT molecular complexity index is 602. The lowest BCUT2D eigenvalue weighted by molar-refractivity contribution is 0.240. The minimum Gasteiger partial charge on any atom is -0.338 e. The number of urea groups is 1. The molecule has 22 heavy (non-hydrogen) atoms. The number of hydrogen-bond donors (Lipinski definition) is 2. The highest BCUT2D eigenvalue weighted by molar-refractivity contribution is 7.09. The molecule has 1 heterocycles. The second-order valence-corrected chi connectivity index (χ2v) is 7.16. The SMILES string of the molecule is CC(C)(C)c1csc(CCNC(=O)NCc2ccccc2)n1. The van der Waals surface area contributed by atoms with Crippen molar-refractivity contribution in [2.24, 2.45) is 0 Å². The summed E-state index contributed by atoms with van der Waals surface area (Å²) in [6, 6.07) is 9.72. The molecule has 0 bridgehead atoms. The van der Waals surface area contributed by atoms with E-state index in [4.69, 9.17) is 0 Å². The first kappa shape index (κ1) is 16.5. The molecule has 4 nitrogen and oxygen atoms in total. The molecule has 0 saturated carbocycles. The van der Waals surface area contributed by atoms with E-state index >= 15 is 0 Å². The molecular weight excluding hydrogens is 294 g/mol. The Hall–Kier alpha value is -1.88. The Labute approximate surface area is 136 Å². The molecule has 1 aromatic carbocycles. The molecule has 0 unspecified atom stereocenters. The number of hydrogen-bond acceptors (Lipinski definition) is 3. The van der Waals surface area contributed by atoms with Crippen LogP contribution in [0.1, 0.15) is 37.0 Å². The Morgan fingerprint density at radius 2 is 1.91 bits per heavy atom. The van der Waals surface area contributed by atoms with Gasteiger partial charge in [-0.2, -0.15) is 0 Å². The number of thiazole rings is 1. The first-order chi connectivity index (χ1) is 10.4. The van der Waals surface area contributed by atoms with E-state index in [1.165, 1.54) is 0 Å². The van der Waals surface area contributed by atoms with E-state index in [-0.39, 0.29) is 11.4 Å². The van der Waals surface area contributed by atoms with Crippen LogP contribution in [0.5, 0.6) is 0 Å². The van der Waals surface area contributed by atoms with Gasteiger partial charge in [0.25, 0.3) is 0 Å². The van der Waals surface area contributed by atoms with Crippen LogP contribution in [0.2, 0.25) is 0 Å². The minimum absolute atomic E-state index is 0.0786. The predicted molar refractivity (Wildman–Crippen MR) is 91.2 cm³/mol. The molecular formula is C17H23N3OS. The molecule has 2 N–H and O–H groups in total. The Balaban J connectivity index is 1.70. The Morgan fingerprint density at radius 3 is 2.55 bits per heavy atom. The summed E-state index contributed by atoms with van der Waals surface area (Å²) >= 11 is 1.66. The van der Waals surface area contributed by atoms with Crippen molar-refractivity contribution in [1.29, 1.82) is 0 Å². The summed E-state index contributed by atoms with van der Waals surface area (Å²) in [6.45, 7) is 7.60. The third kappa shape index (κ3) is 5.15. The molecule has 0 spiro atoms. The van der Waals surface area contributed by atoms with Gasteiger partial charge in [0, 0.05) is 30.3 Å². The van der Waals surface area contributed by atoms with Gasteiger partial charge < -0.3 is 10.6 Å². The second-order valence-electron chi connectivity index (χ2n) is 6.22. The van der Waals surface area contributed by atoms with Crippen molar-refractivity contribution in [2.75, 3.05) is 6.54 Å². The first-order valence-corrected chi connectivity index (χ1v) is 8.33. The van der Waals surface area contributed by atoms with Crippen molar-refractivity contribution in [1.82, 2.24) is 15.6 Å². The zero-order chi connectivity index (χ0) is 16.0. The molecule has 0 fully saturated rings. The van der Waals surface area contributed by atoms with E-state index in [0.29, 0.717) is 13.1 Å². The summed E-state index contributed by atoms with van der Waals surface area (Å²) in [7, 11) is 0. The van der Waals surface area contributed by atoms with Gasteiger partial charge in [-0.3, -0.25) is 0 Å². The molecule has 0 radical (unpaired) electrons. The van der Waals surface area contributed by atoms with Gasteiger partial charge in [-0.1, -0.05) is 51.1 Å². The topological polar surface area (TPSA) is 54.0 Å². The van der Waals surface area contributed by atoms with Gasteiger partial charge in [0.1, 0.15) is 0 Å². The van der Waals surface area contributed by atoms with Crippen LogP contribution in [0.15, 0.2) is 35.7 Å². The van der Waals surface area contributed by atoms with Crippen LogP contribution in [-0.2, 0) is 18.4 Å². The predicted octanol–water partition coefficient (Wildman–Crippen LogP) is 3.48. The monoisotopic (exact) mass is 317 g/mol. The van der Waals surface area contributed by atoms with Crippen molar-refractivity contribution in [3.05, 3.63) is 52.0 Å². The van der Waals surface area contributed by atoms with Gasteiger partial charge in [0.15, 0.2) is 0 Å². The van der Waals surface area contributed by atoms with Gasteiger partial charge in [-0.15, -0.1) is 11.3 Å². The number of nitrogens with zero attached hydrogens (tertiary/aromatic N) is 1. The Kier molecular flexibility index (Phi) is 5.55.